The molecule has 0 rings (SSSR count). The third kappa shape index (κ3) is 27.6. The molecule has 0 aromatic rings. The van der Waals surface area contributed by atoms with Gasteiger partial charge in [-0.05, 0) is 12.8 Å². The SMILES string of the molecule is C.C.CCC(CO)COP(=O)([O-])OCCOP(=O)([O-])OCCOP(=O)([O-])OCCOP(=O)([O-])OCC(CC)COP(=O)([O-])O. The monoisotopic (exact) mass is 749 g/mol. The van der Waals surface area contributed by atoms with Crippen LogP contribution < -0.4 is 24.5 Å². The van der Waals surface area contributed by atoms with Crippen LogP contribution in [0.3, 0.4) is 0 Å². The molecular weight excluding hydrogens is 707 g/mol. The molecule has 0 spiro atoms. The van der Waals surface area contributed by atoms with Gasteiger partial charge in [0.1, 0.15) is 0 Å². The molecule has 270 valence electrons. The highest BCUT2D eigenvalue weighted by Gasteiger charge is 2.18. The predicted molar refractivity (Wildman–Crippen MR) is 142 cm³/mol. The summed E-state index contributed by atoms with van der Waals surface area (Å²) in [7, 11) is -24.9. The van der Waals surface area contributed by atoms with Gasteiger partial charge in [-0.15, -0.1) is 0 Å². The Morgan fingerprint density at radius 3 is 1.00 bits per heavy atom. The Balaban J connectivity index is -0.00000840. The molecule has 0 heterocycles. The maximum atomic E-state index is 11.7. The second-order valence-corrected chi connectivity index (χ2v) is 14.7. The lowest BCUT2D eigenvalue weighted by atomic mass is 10.1. The minimum absolute atomic E-state index is 0. The molecule has 0 aromatic carbocycles. The molecule has 26 heteroatoms. The molecule has 0 bridgehead atoms. The first-order valence-corrected chi connectivity index (χ1v) is 19.3. The van der Waals surface area contributed by atoms with Crippen molar-refractivity contribution in [2.75, 3.05) is 66.1 Å². The first-order valence-electron chi connectivity index (χ1n) is 11.9. The maximum Gasteiger partial charge on any atom is 0.268 e. The molecule has 0 aromatic heterocycles. The summed E-state index contributed by atoms with van der Waals surface area (Å²) in [6.45, 7) is -3.57. The van der Waals surface area contributed by atoms with Gasteiger partial charge in [0, 0.05) is 18.4 Å². The summed E-state index contributed by atoms with van der Waals surface area (Å²) >= 11 is 0. The maximum absolute atomic E-state index is 11.7. The van der Waals surface area contributed by atoms with E-state index in [0.717, 1.165) is 0 Å². The summed E-state index contributed by atoms with van der Waals surface area (Å²) in [5, 5.41) is 8.99. The lowest BCUT2D eigenvalue weighted by Gasteiger charge is -2.27. The van der Waals surface area contributed by atoms with Crippen molar-refractivity contribution in [1.29, 1.82) is 0 Å². The number of aliphatic hydroxyl groups excluding tert-OH is 1. The molecule has 0 fully saturated rings. The highest BCUT2D eigenvalue weighted by atomic mass is 31.2. The van der Waals surface area contributed by atoms with Gasteiger partial charge < -0.3 is 75.2 Å². The van der Waals surface area contributed by atoms with Crippen LogP contribution in [0.2, 0.25) is 0 Å². The Bertz CT molecular complexity index is 986. The predicted octanol–water partition coefficient (Wildman–Crippen LogP) is -0.213. The zero-order valence-electron chi connectivity index (χ0n) is 22.5. The summed E-state index contributed by atoms with van der Waals surface area (Å²) in [6, 6.07) is 0. The normalized spacial score (nSPS) is 19.9. The standard InChI is InChI=1S/C16H39O21P5.2CH4/c1-3-15(11-17)12-36-41(25,26)33-9-7-31-39(21,22)29-5-6-30-40(23,24)32-8-10-34-42(27,28)37-14-16(4-2)13-35-38(18,19)20;;/h15-17H,3-14H2,1-2H3,(H,21,22)(H,23,24)(H,25,26)(H,27,28)(H2,18,19,20);2*1H4/p-5. The number of phosphoric acid groups is 5. The van der Waals surface area contributed by atoms with Crippen molar-refractivity contribution in [2.24, 2.45) is 11.8 Å². The molecule has 2 N–H and O–H groups in total. The largest absolute Gasteiger partial charge is 0.756 e. The van der Waals surface area contributed by atoms with Crippen molar-refractivity contribution in [3.63, 3.8) is 0 Å². The average Bonchev–Trinajstić information content (AvgIpc) is 2.87. The van der Waals surface area contributed by atoms with Crippen molar-refractivity contribution in [2.45, 2.75) is 41.5 Å². The number of rotatable bonds is 27. The molecule has 0 saturated heterocycles. The van der Waals surface area contributed by atoms with Gasteiger partial charge in [-0.25, -0.2) is 0 Å². The van der Waals surface area contributed by atoms with Crippen LogP contribution in [0.5, 0.6) is 0 Å². The van der Waals surface area contributed by atoms with Crippen molar-refractivity contribution in [3.05, 3.63) is 0 Å². The van der Waals surface area contributed by atoms with Gasteiger partial charge in [0.25, 0.3) is 39.1 Å². The quantitative estimate of drug-likeness (QED) is 0.0810. The van der Waals surface area contributed by atoms with E-state index >= 15 is 0 Å². The summed E-state index contributed by atoms with van der Waals surface area (Å²) in [5.41, 5.74) is 0. The van der Waals surface area contributed by atoms with Crippen LogP contribution in [0.15, 0.2) is 0 Å². The molecule has 0 radical (unpaired) electrons. The minimum atomic E-state index is -5.07. The third-order valence-electron chi connectivity index (χ3n) is 4.57. The molecule has 0 amide bonds. The smallest absolute Gasteiger partial charge is 0.268 e. The first kappa shape index (κ1) is 48.9. The van der Waals surface area contributed by atoms with Gasteiger partial charge >= 0.3 is 0 Å². The van der Waals surface area contributed by atoms with E-state index in [9.17, 15) is 47.3 Å². The van der Waals surface area contributed by atoms with E-state index in [2.05, 4.69) is 40.7 Å². The van der Waals surface area contributed by atoms with E-state index in [1.165, 1.54) is 0 Å². The van der Waals surface area contributed by atoms with E-state index in [4.69, 9.17) is 10.00 Å². The second kappa shape index (κ2) is 23.8. The van der Waals surface area contributed by atoms with Gasteiger partial charge in [0.15, 0.2) is 0 Å². The van der Waals surface area contributed by atoms with E-state index in [0.29, 0.717) is 6.42 Å². The lowest BCUT2D eigenvalue weighted by molar-refractivity contribution is -0.237. The summed E-state index contributed by atoms with van der Waals surface area (Å²) in [4.78, 5) is 65.7. The third-order valence-corrected chi connectivity index (χ3v) is 8.97. The second-order valence-electron chi connectivity index (χ2n) is 7.88. The van der Waals surface area contributed by atoms with E-state index in [-0.39, 0.29) is 34.5 Å². The van der Waals surface area contributed by atoms with Crippen LogP contribution in [-0.2, 0) is 63.5 Å². The van der Waals surface area contributed by atoms with Gasteiger partial charge in [-0.3, -0.25) is 22.8 Å². The van der Waals surface area contributed by atoms with Crippen LogP contribution in [-0.4, -0.2) is 76.1 Å². The summed E-state index contributed by atoms with van der Waals surface area (Å²) in [6.07, 6.45) is 0.643. The van der Waals surface area contributed by atoms with Crippen molar-refractivity contribution >= 4 is 39.1 Å². The zero-order valence-corrected chi connectivity index (χ0v) is 27.0. The molecule has 0 aliphatic carbocycles. The zero-order chi connectivity index (χ0) is 32.5. The number of aliphatic hydroxyl groups is 1. The van der Waals surface area contributed by atoms with Crippen molar-refractivity contribution in [1.82, 2.24) is 0 Å². The van der Waals surface area contributed by atoms with Crippen molar-refractivity contribution in [3.8, 4) is 0 Å². The first-order chi connectivity index (χ1) is 19.3. The Morgan fingerprint density at radius 2 is 0.750 bits per heavy atom. The number of hydrogen-bond acceptors (Lipinski definition) is 20. The van der Waals surface area contributed by atoms with Crippen LogP contribution in [0.25, 0.3) is 0 Å². The Kier molecular flexibility index (Phi) is 26.4. The minimum Gasteiger partial charge on any atom is -0.756 e. The topological polar surface area (TPSA) is 324 Å². The van der Waals surface area contributed by atoms with E-state index in [1.54, 1.807) is 13.8 Å². The molecule has 44 heavy (non-hydrogen) atoms. The van der Waals surface area contributed by atoms with Crippen LogP contribution in [0.1, 0.15) is 41.5 Å². The molecule has 0 saturated carbocycles. The Morgan fingerprint density at radius 1 is 0.500 bits per heavy atom. The number of phosphoric ester groups is 5. The van der Waals surface area contributed by atoms with Crippen LogP contribution in [0, 0.1) is 11.8 Å². The molecular formula is C18H42O21P5-5. The van der Waals surface area contributed by atoms with E-state index in [1.807, 2.05) is 0 Å². The Hall–Kier alpha value is 0.510. The Labute approximate surface area is 256 Å². The van der Waals surface area contributed by atoms with Crippen LogP contribution in [0.4, 0.5) is 0 Å². The molecule has 0 aliphatic rings. The molecule has 7 unspecified atom stereocenters. The highest BCUT2D eigenvalue weighted by molar-refractivity contribution is 7.46. The van der Waals surface area contributed by atoms with Crippen LogP contribution >= 0.6 is 39.1 Å². The average molecular weight is 749 g/mol. The fraction of sp³-hybridized carbons (Fsp3) is 1.00. The summed E-state index contributed by atoms with van der Waals surface area (Å²) < 4.78 is 96.5. The fourth-order valence-corrected chi connectivity index (χ4v) is 5.49. The lowest BCUT2D eigenvalue weighted by Crippen LogP contribution is -2.20. The molecule has 0 aliphatic heterocycles. The van der Waals surface area contributed by atoms with Gasteiger partial charge in [0.05, 0.1) is 59.5 Å². The number of hydrogen-bond donors (Lipinski definition) is 2. The molecule has 21 nitrogen and oxygen atoms in total. The van der Waals surface area contributed by atoms with Crippen molar-refractivity contribution < 1.29 is 98.0 Å². The highest BCUT2D eigenvalue weighted by Crippen LogP contribution is 2.43. The van der Waals surface area contributed by atoms with Gasteiger partial charge in [-0.1, -0.05) is 28.7 Å². The summed E-state index contributed by atoms with van der Waals surface area (Å²) in [5.74, 6) is -1.20. The van der Waals surface area contributed by atoms with Gasteiger partial charge in [0.2, 0.25) is 0 Å². The van der Waals surface area contributed by atoms with Gasteiger partial charge in [-0.2, -0.15) is 0 Å². The molecule has 7 atom stereocenters. The fourth-order valence-electron chi connectivity index (χ4n) is 2.22. The van der Waals surface area contributed by atoms with E-state index < -0.39 is 104 Å².